The number of benzene rings is 2. The molecule has 0 bridgehead atoms. The van der Waals surface area contributed by atoms with Crippen LogP contribution in [0, 0.1) is 0 Å². The van der Waals surface area contributed by atoms with Gasteiger partial charge in [0, 0.05) is 16.3 Å². The molecule has 3 nitrogen and oxygen atoms in total. The van der Waals surface area contributed by atoms with E-state index in [1.165, 1.54) is 0 Å². The zero-order chi connectivity index (χ0) is 13.7. The van der Waals surface area contributed by atoms with Crippen molar-refractivity contribution in [3.63, 3.8) is 0 Å². The molecule has 98 valence electrons. The van der Waals surface area contributed by atoms with Gasteiger partial charge in [-0.05, 0) is 17.7 Å². The number of hydrogen-bond donors (Lipinski definition) is 2. The summed E-state index contributed by atoms with van der Waals surface area (Å²) in [5.74, 6) is 0. The minimum atomic E-state index is -0.882. The Morgan fingerprint density at radius 1 is 0.950 bits per heavy atom. The number of fused-ring (bicyclic) bond motifs is 4. The maximum absolute atomic E-state index is 10.1. The van der Waals surface area contributed by atoms with Gasteiger partial charge in [0.05, 0.1) is 11.0 Å². The first kappa shape index (κ1) is 11.6. The van der Waals surface area contributed by atoms with Crippen LogP contribution in [-0.2, 0) is 0 Å². The van der Waals surface area contributed by atoms with Crippen molar-refractivity contribution in [2.24, 2.45) is 0 Å². The quantitative estimate of drug-likeness (QED) is 0.613. The first-order valence-electron chi connectivity index (χ1n) is 6.61. The summed E-state index contributed by atoms with van der Waals surface area (Å²) in [6.45, 7) is 0. The maximum atomic E-state index is 10.1. The molecule has 0 amide bonds. The summed E-state index contributed by atoms with van der Waals surface area (Å²) in [6.07, 6.45) is 1.73. The van der Waals surface area contributed by atoms with Crippen LogP contribution in [0.15, 0.2) is 48.5 Å². The SMILES string of the molecule is OC1C=Cc2c(ccc3cc4ccccc4nc23)C1O. The van der Waals surface area contributed by atoms with Crippen LogP contribution < -0.4 is 0 Å². The summed E-state index contributed by atoms with van der Waals surface area (Å²) in [6, 6.07) is 13.9. The summed E-state index contributed by atoms with van der Waals surface area (Å²) in [4.78, 5) is 4.71. The average molecular weight is 263 g/mol. The lowest BCUT2D eigenvalue weighted by atomic mass is 9.90. The van der Waals surface area contributed by atoms with Crippen molar-refractivity contribution in [1.82, 2.24) is 4.98 Å². The second-order valence-electron chi connectivity index (χ2n) is 5.12. The fraction of sp³-hybridized carbons (Fsp3) is 0.118. The maximum Gasteiger partial charge on any atom is 0.109 e. The van der Waals surface area contributed by atoms with Gasteiger partial charge in [0.25, 0.3) is 0 Å². The van der Waals surface area contributed by atoms with Crippen LogP contribution in [0.2, 0.25) is 0 Å². The van der Waals surface area contributed by atoms with E-state index in [1.807, 2.05) is 42.5 Å². The first-order valence-corrected chi connectivity index (χ1v) is 6.61. The minimum absolute atomic E-state index is 0.732. The molecule has 0 fully saturated rings. The second kappa shape index (κ2) is 4.13. The van der Waals surface area contributed by atoms with Crippen molar-refractivity contribution in [3.05, 3.63) is 59.7 Å². The van der Waals surface area contributed by atoms with Gasteiger partial charge in [-0.1, -0.05) is 42.5 Å². The topological polar surface area (TPSA) is 53.4 Å². The van der Waals surface area contributed by atoms with Gasteiger partial charge in [0.2, 0.25) is 0 Å². The molecule has 1 aromatic heterocycles. The molecule has 0 radical (unpaired) electrons. The molecule has 3 heteroatoms. The molecule has 3 aromatic rings. The molecule has 2 N–H and O–H groups in total. The fourth-order valence-corrected chi connectivity index (χ4v) is 2.80. The van der Waals surface area contributed by atoms with Crippen LogP contribution in [0.4, 0.5) is 0 Å². The zero-order valence-electron chi connectivity index (χ0n) is 10.7. The Kier molecular flexibility index (Phi) is 2.39. The van der Waals surface area contributed by atoms with Gasteiger partial charge in [-0.25, -0.2) is 4.98 Å². The van der Waals surface area contributed by atoms with E-state index in [0.29, 0.717) is 0 Å². The van der Waals surface area contributed by atoms with Crippen LogP contribution in [0.5, 0.6) is 0 Å². The number of aromatic nitrogens is 1. The van der Waals surface area contributed by atoms with E-state index < -0.39 is 12.2 Å². The van der Waals surface area contributed by atoms with Crippen LogP contribution >= 0.6 is 0 Å². The van der Waals surface area contributed by atoms with Crippen molar-refractivity contribution >= 4 is 27.9 Å². The molecule has 0 aliphatic heterocycles. The van der Waals surface area contributed by atoms with Crippen molar-refractivity contribution in [2.45, 2.75) is 12.2 Å². The minimum Gasteiger partial charge on any atom is -0.386 e. The van der Waals surface area contributed by atoms with E-state index in [0.717, 1.165) is 32.9 Å². The lowest BCUT2D eigenvalue weighted by Crippen LogP contribution is -2.19. The van der Waals surface area contributed by atoms with E-state index in [9.17, 15) is 10.2 Å². The summed E-state index contributed by atoms with van der Waals surface area (Å²) in [5.41, 5.74) is 3.42. The van der Waals surface area contributed by atoms with Crippen molar-refractivity contribution in [3.8, 4) is 0 Å². The van der Waals surface area contributed by atoms with Crippen LogP contribution in [-0.4, -0.2) is 21.3 Å². The number of hydrogen-bond acceptors (Lipinski definition) is 3. The Morgan fingerprint density at radius 3 is 2.70 bits per heavy atom. The molecule has 1 aliphatic carbocycles. The van der Waals surface area contributed by atoms with Gasteiger partial charge in [0.15, 0.2) is 0 Å². The van der Waals surface area contributed by atoms with Gasteiger partial charge >= 0.3 is 0 Å². The molecule has 0 spiro atoms. The number of pyridine rings is 1. The first-order chi connectivity index (χ1) is 9.74. The molecule has 1 aliphatic rings. The normalized spacial score (nSPS) is 21.3. The summed E-state index contributed by atoms with van der Waals surface area (Å²) in [5, 5.41) is 21.9. The fourth-order valence-electron chi connectivity index (χ4n) is 2.80. The average Bonchev–Trinajstić information content (AvgIpc) is 2.48. The van der Waals surface area contributed by atoms with E-state index in [-0.39, 0.29) is 0 Å². The molecular formula is C17H13NO2. The van der Waals surface area contributed by atoms with Crippen molar-refractivity contribution in [2.75, 3.05) is 0 Å². The van der Waals surface area contributed by atoms with Gasteiger partial charge in [-0.15, -0.1) is 0 Å². The van der Waals surface area contributed by atoms with Gasteiger partial charge in [-0.3, -0.25) is 0 Å². The standard InChI is InChI=1S/C17H13NO2/c19-15-8-7-12-13(17(15)20)6-5-11-9-10-3-1-2-4-14(10)18-16(11)12/h1-9,15,17,19-20H. The number of aliphatic hydroxyl groups is 2. The Hall–Kier alpha value is -2.23. The summed E-state index contributed by atoms with van der Waals surface area (Å²) < 4.78 is 0. The molecule has 2 atom stereocenters. The third kappa shape index (κ3) is 1.57. The molecule has 2 aromatic carbocycles. The monoisotopic (exact) mass is 263 g/mol. The highest BCUT2D eigenvalue weighted by molar-refractivity contribution is 5.97. The molecule has 2 unspecified atom stereocenters. The second-order valence-corrected chi connectivity index (χ2v) is 5.12. The van der Waals surface area contributed by atoms with Gasteiger partial charge in [-0.2, -0.15) is 0 Å². The van der Waals surface area contributed by atoms with Crippen LogP contribution in [0.3, 0.4) is 0 Å². The lowest BCUT2D eigenvalue weighted by Gasteiger charge is -2.22. The number of para-hydroxylation sites is 1. The van der Waals surface area contributed by atoms with Gasteiger partial charge in [0.1, 0.15) is 12.2 Å². The summed E-state index contributed by atoms with van der Waals surface area (Å²) in [7, 11) is 0. The van der Waals surface area contributed by atoms with E-state index in [4.69, 9.17) is 4.98 Å². The Labute approximate surface area is 115 Å². The molecule has 1 heterocycles. The van der Waals surface area contributed by atoms with Gasteiger partial charge < -0.3 is 10.2 Å². The summed E-state index contributed by atoms with van der Waals surface area (Å²) >= 11 is 0. The Morgan fingerprint density at radius 2 is 1.80 bits per heavy atom. The highest BCUT2D eigenvalue weighted by atomic mass is 16.3. The van der Waals surface area contributed by atoms with E-state index in [2.05, 4.69) is 6.07 Å². The number of aliphatic hydroxyl groups excluding tert-OH is 2. The predicted molar refractivity (Wildman–Crippen MR) is 79.2 cm³/mol. The smallest absolute Gasteiger partial charge is 0.109 e. The highest BCUT2D eigenvalue weighted by Crippen LogP contribution is 2.33. The zero-order valence-corrected chi connectivity index (χ0v) is 10.7. The van der Waals surface area contributed by atoms with Crippen molar-refractivity contribution < 1.29 is 10.2 Å². The molecule has 0 saturated carbocycles. The number of rotatable bonds is 0. The highest BCUT2D eigenvalue weighted by Gasteiger charge is 2.23. The molecule has 4 rings (SSSR count). The Balaban J connectivity index is 2.10. The number of nitrogens with zero attached hydrogens (tertiary/aromatic N) is 1. The Bertz CT molecular complexity index is 854. The molecule has 20 heavy (non-hydrogen) atoms. The lowest BCUT2D eigenvalue weighted by molar-refractivity contribution is 0.0471. The van der Waals surface area contributed by atoms with E-state index in [1.54, 1.807) is 6.08 Å². The predicted octanol–water partition coefficient (Wildman–Crippen LogP) is 2.81. The van der Waals surface area contributed by atoms with Crippen LogP contribution in [0.25, 0.3) is 27.9 Å². The van der Waals surface area contributed by atoms with Crippen molar-refractivity contribution in [1.29, 1.82) is 0 Å². The third-order valence-corrected chi connectivity index (χ3v) is 3.86. The molecule has 0 saturated heterocycles. The molecular weight excluding hydrogens is 250 g/mol. The third-order valence-electron chi connectivity index (χ3n) is 3.86. The van der Waals surface area contributed by atoms with E-state index >= 15 is 0 Å². The largest absolute Gasteiger partial charge is 0.386 e. The van der Waals surface area contributed by atoms with Crippen LogP contribution in [0.1, 0.15) is 17.2 Å².